The number of hydrogen-bond acceptors (Lipinski definition) is 8. The van der Waals surface area contributed by atoms with Gasteiger partial charge in [0.2, 0.25) is 11.0 Å². The molecule has 23 heavy (non-hydrogen) atoms. The molecule has 122 valence electrons. The molecule has 0 saturated heterocycles. The molecule has 1 saturated carbocycles. The summed E-state index contributed by atoms with van der Waals surface area (Å²) >= 11 is 4.24. The van der Waals surface area contributed by atoms with E-state index in [0.717, 1.165) is 10.0 Å². The molecule has 10 heteroatoms. The fraction of sp³-hybridized carbons (Fsp3) is 0.385. The Morgan fingerprint density at radius 2 is 2.22 bits per heavy atom. The molecule has 0 spiro atoms. The molecule has 3 amide bonds. The fourth-order valence-corrected chi connectivity index (χ4v) is 3.92. The van der Waals surface area contributed by atoms with Crippen molar-refractivity contribution in [3.05, 3.63) is 22.4 Å². The lowest BCUT2D eigenvalue weighted by molar-refractivity contribution is -0.117. The second-order valence-corrected chi connectivity index (χ2v) is 8.12. The van der Waals surface area contributed by atoms with Crippen molar-refractivity contribution < 1.29 is 9.59 Å². The first-order valence-corrected chi connectivity index (χ1v) is 9.70. The largest absolute Gasteiger partial charge is 0.357 e. The summed E-state index contributed by atoms with van der Waals surface area (Å²) in [5.74, 6) is -0.226. The van der Waals surface area contributed by atoms with Gasteiger partial charge in [0.1, 0.15) is 0 Å². The number of imide groups is 1. The van der Waals surface area contributed by atoms with Crippen LogP contribution in [0.1, 0.15) is 17.7 Å². The number of aromatic nitrogens is 2. The number of thiophene rings is 1. The highest BCUT2D eigenvalue weighted by atomic mass is 32.2. The summed E-state index contributed by atoms with van der Waals surface area (Å²) in [7, 11) is 0. The Kier molecular flexibility index (Phi) is 5.47. The van der Waals surface area contributed by atoms with Crippen LogP contribution >= 0.6 is 34.4 Å². The molecule has 2 aromatic rings. The zero-order chi connectivity index (χ0) is 16.1. The lowest BCUT2D eigenvalue weighted by Gasteiger charge is -2.04. The predicted molar refractivity (Wildman–Crippen MR) is 92.0 cm³/mol. The minimum absolute atomic E-state index is 0.129. The Hall–Kier alpha value is -1.65. The lowest BCUT2D eigenvalue weighted by atomic mass is 10.5. The first-order valence-electron chi connectivity index (χ1n) is 7.02. The number of nitrogens with zero attached hydrogens (tertiary/aromatic N) is 2. The van der Waals surface area contributed by atoms with Gasteiger partial charge in [-0.3, -0.25) is 10.1 Å². The molecule has 7 nitrogen and oxygen atoms in total. The van der Waals surface area contributed by atoms with Crippen molar-refractivity contribution in [2.45, 2.75) is 29.8 Å². The normalized spacial score (nSPS) is 13.6. The number of carbonyl (C=O) groups excluding carboxylic acids is 2. The molecular weight excluding hydrogens is 354 g/mol. The molecule has 0 atom stereocenters. The minimum atomic E-state index is -0.489. The number of hydrogen-bond donors (Lipinski definition) is 3. The van der Waals surface area contributed by atoms with E-state index in [4.69, 9.17) is 0 Å². The third-order valence-corrected chi connectivity index (χ3v) is 5.76. The standard InChI is InChI=1S/C13H15N5O2S3/c19-10(16-11(20)14-6-9-2-1-5-21-9)7-22-13-18-17-12(23-13)15-8-3-4-8/h1-2,5,8H,3-4,6-7H2,(H,15,17)(H2,14,16,19,20). The van der Waals surface area contributed by atoms with E-state index < -0.39 is 6.03 Å². The van der Waals surface area contributed by atoms with Crippen molar-refractivity contribution in [1.29, 1.82) is 0 Å². The highest BCUT2D eigenvalue weighted by Crippen LogP contribution is 2.29. The maximum Gasteiger partial charge on any atom is 0.321 e. The molecule has 0 radical (unpaired) electrons. The van der Waals surface area contributed by atoms with Gasteiger partial charge in [-0.05, 0) is 24.3 Å². The summed E-state index contributed by atoms with van der Waals surface area (Å²) < 4.78 is 0.710. The maximum atomic E-state index is 11.7. The molecule has 2 aromatic heterocycles. The van der Waals surface area contributed by atoms with Crippen LogP contribution in [0.5, 0.6) is 0 Å². The first kappa shape index (κ1) is 16.2. The van der Waals surface area contributed by atoms with Gasteiger partial charge in [0.05, 0.1) is 12.3 Å². The Morgan fingerprint density at radius 3 is 2.96 bits per heavy atom. The van der Waals surface area contributed by atoms with Gasteiger partial charge < -0.3 is 10.6 Å². The Morgan fingerprint density at radius 1 is 1.35 bits per heavy atom. The van der Waals surface area contributed by atoms with Gasteiger partial charge in [-0.15, -0.1) is 21.5 Å². The van der Waals surface area contributed by atoms with Gasteiger partial charge in [-0.25, -0.2) is 4.79 Å². The van der Waals surface area contributed by atoms with Crippen LogP contribution in [0.15, 0.2) is 21.9 Å². The van der Waals surface area contributed by atoms with E-state index in [2.05, 4.69) is 26.1 Å². The van der Waals surface area contributed by atoms with Crippen molar-refractivity contribution in [3.63, 3.8) is 0 Å². The van der Waals surface area contributed by atoms with Crippen LogP contribution in [-0.4, -0.2) is 33.9 Å². The summed E-state index contributed by atoms with van der Waals surface area (Å²) in [5.41, 5.74) is 0. The van der Waals surface area contributed by atoms with Crippen LogP contribution in [0, 0.1) is 0 Å². The minimum Gasteiger partial charge on any atom is -0.357 e. The van der Waals surface area contributed by atoms with Crippen molar-refractivity contribution in [1.82, 2.24) is 20.8 Å². The van der Waals surface area contributed by atoms with E-state index in [1.807, 2.05) is 17.5 Å². The number of carbonyl (C=O) groups is 2. The summed E-state index contributed by atoms with van der Waals surface area (Å²) in [6, 6.07) is 3.87. The van der Waals surface area contributed by atoms with Crippen molar-refractivity contribution in [2.75, 3.05) is 11.1 Å². The number of urea groups is 1. The van der Waals surface area contributed by atoms with E-state index in [-0.39, 0.29) is 11.7 Å². The molecule has 1 aliphatic rings. The number of amides is 3. The Bertz CT molecular complexity index is 669. The van der Waals surface area contributed by atoms with E-state index in [1.54, 1.807) is 11.3 Å². The molecule has 0 aliphatic heterocycles. The zero-order valence-corrected chi connectivity index (χ0v) is 14.5. The molecule has 0 unspecified atom stereocenters. The SMILES string of the molecule is O=C(CSc1nnc(NC2CC2)s1)NC(=O)NCc1cccs1. The molecule has 3 N–H and O–H groups in total. The van der Waals surface area contributed by atoms with E-state index >= 15 is 0 Å². The number of nitrogens with one attached hydrogen (secondary N) is 3. The summed E-state index contributed by atoms with van der Waals surface area (Å²) in [6.45, 7) is 0.413. The highest BCUT2D eigenvalue weighted by molar-refractivity contribution is 8.01. The number of thioether (sulfide) groups is 1. The fourth-order valence-electron chi connectivity index (χ4n) is 1.64. The smallest absolute Gasteiger partial charge is 0.321 e. The van der Waals surface area contributed by atoms with Gasteiger partial charge >= 0.3 is 6.03 Å². The van der Waals surface area contributed by atoms with Gasteiger partial charge in [0.15, 0.2) is 4.34 Å². The van der Waals surface area contributed by atoms with Crippen molar-refractivity contribution in [2.24, 2.45) is 0 Å². The first-order chi connectivity index (χ1) is 11.2. The van der Waals surface area contributed by atoms with Crippen LogP contribution in [0.25, 0.3) is 0 Å². The molecule has 1 aliphatic carbocycles. The van der Waals surface area contributed by atoms with E-state index in [1.165, 1.54) is 35.9 Å². The average Bonchev–Trinajstić information content (AvgIpc) is 3.02. The summed E-state index contributed by atoms with van der Waals surface area (Å²) in [4.78, 5) is 24.4. The molecule has 2 heterocycles. The average molecular weight is 369 g/mol. The Labute approximate surface area is 145 Å². The molecule has 3 rings (SSSR count). The van der Waals surface area contributed by atoms with Gasteiger partial charge in [0, 0.05) is 10.9 Å². The monoisotopic (exact) mass is 369 g/mol. The van der Waals surface area contributed by atoms with Crippen molar-refractivity contribution in [3.8, 4) is 0 Å². The third-order valence-electron chi connectivity index (χ3n) is 2.89. The summed E-state index contributed by atoms with van der Waals surface area (Å²) in [6.07, 6.45) is 2.34. The molecule has 1 fully saturated rings. The zero-order valence-electron chi connectivity index (χ0n) is 12.1. The lowest BCUT2D eigenvalue weighted by Crippen LogP contribution is -2.39. The number of anilines is 1. The van der Waals surface area contributed by atoms with Crippen LogP contribution < -0.4 is 16.0 Å². The van der Waals surface area contributed by atoms with Crippen LogP contribution in [0.4, 0.5) is 9.93 Å². The van der Waals surface area contributed by atoms with E-state index in [9.17, 15) is 9.59 Å². The second kappa shape index (κ2) is 7.75. The number of rotatable bonds is 7. The quantitative estimate of drug-likeness (QED) is 0.648. The van der Waals surface area contributed by atoms with Crippen LogP contribution in [0.3, 0.4) is 0 Å². The molecule has 0 aromatic carbocycles. The van der Waals surface area contributed by atoms with E-state index in [0.29, 0.717) is 16.9 Å². The third kappa shape index (κ3) is 5.48. The molecular formula is C13H15N5O2S3. The highest BCUT2D eigenvalue weighted by Gasteiger charge is 2.22. The second-order valence-electron chi connectivity index (χ2n) is 4.89. The van der Waals surface area contributed by atoms with Crippen molar-refractivity contribution >= 4 is 51.5 Å². The topological polar surface area (TPSA) is 96.0 Å². The van der Waals surface area contributed by atoms with Gasteiger partial charge in [0.25, 0.3) is 0 Å². The van der Waals surface area contributed by atoms with Crippen LogP contribution in [0.2, 0.25) is 0 Å². The molecule has 0 bridgehead atoms. The summed E-state index contributed by atoms with van der Waals surface area (Å²) in [5, 5.41) is 18.9. The predicted octanol–water partition coefficient (Wildman–Crippen LogP) is 2.29. The van der Waals surface area contributed by atoms with Gasteiger partial charge in [-0.1, -0.05) is 29.2 Å². The van der Waals surface area contributed by atoms with Crippen LogP contribution in [-0.2, 0) is 11.3 Å². The maximum absolute atomic E-state index is 11.7. The van der Waals surface area contributed by atoms with Gasteiger partial charge in [-0.2, -0.15) is 0 Å². The Balaban J connectivity index is 1.35.